The molecule has 0 saturated carbocycles. The number of ether oxygens (including phenoxy) is 1. The maximum Gasteiger partial charge on any atom is 0.309 e. The molecule has 2 aromatic heterocycles. The molecular formula is C25H22ClN3O4S. The number of aryl methyl sites for hydroxylation is 1. The zero-order chi connectivity index (χ0) is 23.7. The summed E-state index contributed by atoms with van der Waals surface area (Å²) in [5.74, 6) is 1.18. The lowest BCUT2D eigenvalue weighted by Crippen LogP contribution is -2.49. The van der Waals surface area contributed by atoms with Gasteiger partial charge in [0.15, 0.2) is 0 Å². The van der Waals surface area contributed by atoms with Crippen molar-refractivity contribution in [3.63, 3.8) is 0 Å². The lowest BCUT2D eigenvalue weighted by Gasteiger charge is -2.36. The van der Waals surface area contributed by atoms with Gasteiger partial charge in [0.2, 0.25) is 5.82 Å². The quantitative estimate of drug-likeness (QED) is 0.321. The Morgan fingerprint density at radius 3 is 2.74 bits per heavy atom. The first-order valence-electron chi connectivity index (χ1n) is 10.9. The highest BCUT2D eigenvalue weighted by Gasteiger charge is 2.32. The molecule has 1 N–H and O–H groups in total. The maximum absolute atomic E-state index is 11.0. The molecule has 3 heterocycles. The van der Waals surface area contributed by atoms with Crippen LogP contribution in [-0.2, 0) is 17.8 Å². The molecule has 1 saturated heterocycles. The van der Waals surface area contributed by atoms with Crippen molar-refractivity contribution >= 4 is 28.9 Å². The van der Waals surface area contributed by atoms with Crippen molar-refractivity contribution in [1.82, 2.24) is 15.0 Å². The van der Waals surface area contributed by atoms with Crippen LogP contribution in [0.1, 0.15) is 17.4 Å². The van der Waals surface area contributed by atoms with Crippen LogP contribution < -0.4 is 4.74 Å². The third-order valence-corrected chi connectivity index (χ3v) is 7.16. The Kier molecular flexibility index (Phi) is 6.36. The highest BCUT2D eigenvalue weighted by molar-refractivity contribution is 7.15. The standard InChI is InChI=1S/C25H22ClN3O4S/c1-2-15-10-19(14-29-12-17(13-29)25(30)31)34-22(15)23-27-24(33-28-23)16-8-9-21(20(26)11-16)32-18-6-4-3-5-7-18/h3-11,17H,2,12-14H2,1H3,(H,30,31). The second kappa shape index (κ2) is 9.58. The summed E-state index contributed by atoms with van der Waals surface area (Å²) < 4.78 is 11.4. The predicted molar refractivity (Wildman–Crippen MR) is 130 cm³/mol. The number of carbonyl (C=O) groups is 1. The van der Waals surface area contributed by atoms with Gasteiger partial charge in [0, 0.05) is 30.1 Å². The Morgan fingerprint density at radius 2 is 2.03 bits per heavy atom. The van der Waals surface area contributed by atoms with Crippen LogP contribution in [0.5, 0.6) is 11.5 Å². The minimum absolute atomic E-state index is 0.263. The zero-order valence-electron chi connectivity index (χ0n) is 18.4. The van der Waals surface area contributed by atoms with Gasteiger partial charge in [-0.3, -0.25) is 9.69 Å². The van der Waals surface area contributed by atoms with E-state index in [1.54, 1.807) is 23.5 Å². The highest BCUT2D eigenvalue weighted by Crippen LogP contribution is 2.36. The van der Waals surface area contributed by atoms with Crippen molar-refractivity contribution in [2.45, 2.75) is 19.9 Å². The van der Waals surface area contributed by atoms with Crippen LogP contribution in [0.2, 0.25) is 5.02 Å². The van der Waals surface area contributed by atoms with Crippen LogP contribution in [0.15, 0.2) is 59.1 Å². The summed E-state index contributed by atoms with van der Waals surface area (Å²) in [6.45, 7) is 3.98. The number of benzene rings is 2. The Hall–Kier alpha value is -3.20. The first-order valence-corrected chi connectivity index (χ1v) is 12.1. The van der Waals surface area contributed by atoms with Gasteiger partial charge in [-0.15, -0.1) is 11.3 Å². The predicted octanol–water partition coefficient (Wildman–Crippen LogP) is 5.99. The molecule has 0 unspecified atom stereocenters. The molecule has 1 aliphatic rings. The SMILES string of the molecule is CCc1cc(CN2CC(C(=O)O)C2)sc1-c1noc(-c2ccc(Oc3ccccc3)c(Cl)c2)n1. The van der Waals surface area contributed by atoms with E-state index in [4.69, 9.17) is 26.0 Å². The van der Waals surface area contributed by atoms with Gasteiger partial charge in [-0.05, 0) is 48.4 Å². The number of rotatable bonds is 8. The Balaban J connectivity index is 1.32. The van der Waals surface area contributed by atoms with Crippen molar-refractivity contribution in [2.75, 3.05) is 13.1 Å². The van der Waals surface area contributed by atoms with Gasteiger partial charge in [-0.25, -0.2) is 0 Å². The van der Waals surface area contributed by atoms with Crippen LogP contribution >= 0.6 is 22.9 Å². The monoisotopic (exact) mass is 495 g/mol. The Morgan fingerprint density at radius 1 is 1.24 bits per heavy atom. The molecule has 2 aromatic carbocycles. The number of aromatic nitrogens is 2. The van der Waals surface area contributed by atoms with Crippen molar-refractivity contribution in [2.24, 2.45) is 5.92 Å². The number of aliphatic carboxylic acids is 1. The number of carboxylic acids is 1. The van der Waals surface area contributed by atoms with Gasteiger partial charge in [0.25, 0.3) is 5.89 Å². The van der Waals surface area contributed by atoms with Gasteiger partial charge in [-0.1, -0.05) is 41.9 Å². The molecule has 0 atom stereocenters. The van der Waals surface area contributed by atoms with Crippen LogP contribution in [0.25, 0.3) is 22.2 Å². The number of nitrogens with zero attached hydrogens (tertiary/aromatic N) is 3. The Labute approximate surface area is 205 Å². The summed E-state index contributed by atoms with van der Waals surface area (Å²) in [7, 11) is 0. The molecule has 0 spiro atoms. The largest absolute Gasteiger partial charge is 0.481 e. The molecule has 7 nitrogen and oxygen atoms in total. The minimum Gasteiger partial charge on any atom is -0.481 e. The molecule has 0 amide bonds. The first-order chi connectivity index (χ1) is 16.5. The molecular weight excluding hydrogens is 474 g/mol. The molecule has 174 valence electrons. The lowest BCUT2D eigenvalue weighted by atomic mass is 10.0. The smallest absolute Gasteiger partial charge is 0.309 e. The van der Waals surface area contributed by atoms with Crippen LogP contribution in [-0.4, -0.2) is 39.2 Å². The first kappa shape index (κ1) is 22.6. The summed E-state index contributed by atoms with van der Waals surface area (Å²) >= 11 is 8.07. The summed E-state index contributed by atoms with van der Waals surface area (Å²) in [6, 6.07) is 17.0. The Bertz CT molecular complexity index is 1310. The third-order valence-electron chi connectivity index (χ3n) is 5.71. The van der Waals surface area contributed by atoms with Gasteiger partial charge >= 0.3 is 5.97 Å². The normalized spacial score (nSPS) is 14.2. The van der Waals surface area contributed by atoms with Crippen LogP contribution in [0.4, 0.5) is 0 Å². The fraction of sp³-hybridized carbons (Fsp3) is 0.240. The van der Waals surface area contributed by atoms with Crippen molar-refractivity contribution in [1.29, 1.82) is 0 Å². The lowest BCUT2D eigenvalue weighted by molar-refractivity contribution is -0.147. The van der Waals surface area contributed by atoms with Gasteiger partial charge in [0.05, 0.1) is 15.8 Å². The number of para-hydroxylation sites is 1. The van der Waals surface area contributed by atoms with Gasteiger partial charge in [-0.2, -0.15) is 4.98 Å². The summed E-state index contributed by atoms with van der Waals surface area (Å²) in [5.41, 5.74) is 1.85. The number of hydrogen-bond donors (Lipinski definition) is 1. The number of halogens is 1. The fourth-order valence-electron chi connectivity index (χ4n) is 3.86. The fourth-order valence-corrected chi connectivity index (χ4v) is 5.29. The van der Waals surface area contributed by atoms with E-state index >= 15 is 0 Å². The second-order valence-electron chi connectivity index (χ2n) is 8.13. The number of likely N-dealkylation sites (tertiary alicyclic amines) is 1. The van der Waals surface area contributed by atoms with Crippen molar-refractivity contribution in [3.8, 4) is 33.7 Å². The van der Waals surface area contributed by atoms with Crippen LogP contribution in [0, 0.1) is 5.92 Å². The average molecular weight is 496 g/mol. The number of carboxylic acid groups (broad SMARTS) is 1. The molecule has 34 heavy (non-hydrogen) atoms. The van der Waals surface area contributed by atoms with Crippen LogP contribution in [0.3, 0.4) is 0 Å². The third kappa shape index (κ3) is 4.70. The highest BCUT2D eigenvalue weighted by atomic mass is 35.5. The molecule has 1 fully saturated rings. The van der Waals surface area contributed by atoms with E-state index in [1.165, 1.54) is 0 Å². The molecule has 5 rings (SSSR count). The molecule has 0 radical (unpaired) electrons. The van der Waals surface area contributed by atoms with E-state index in [2.05, 4.69) is 28.0 Å². The van der Waals surface area contributed by atoms with E-state index in [0.717, 1.165) is 28.3 Å². The topological polar surface area (TPSA) is 88.7 Å². The summed E-state index contributed by atoms with van der Waals surface area (Å²) in [4.78, 5) is 19.9. The van der Waals surface area contributed by atoms with Gasteiger partial charge < -0.3 is 14.4 Å². The van der Waals surface area contributed by atoms with E-state index in [-0.39, 0.29) is 5.92 Å². The average Bonchev–Trinajstić information content (AvgIpc) is 3.45. The molecule has 4 aromatic rings. The van der Waals surface area contributed by atoms with E-state index in [0.29, 0.717) is 46.9 Å². The second-order valence-corrected chi connectivity index (χ2v) is 9.68. The van der Waals surface area contributed by atoms with E-state index < -0.39 is 5.97 Å². The summed E-state index contributed by atoms with van der Waals surface area (Å²) in [6.07, 6.45) is 0.838. The molecule has 0 bridgehead atoms. The maximum atomic E-state index is 11.0. The van der Waals surface area contributed by atoms with Crippen molar-refractivity contribution in [3.05, 3.63) is 70.1 Å². The van der Waals surface area contributed by atoms with Crippen molar-refractivity contribution < 1.29 is 19.2 Å². The van der Waals surface area contributed by atoms with E-state index in [1.807, 2.05) is 36.4 Å². The molecule has 1 aliphatic heterocycles. The number of hydrogen-bond acceptors (Lipinski definition) is 7. The molecule has 9 heteroatoms. The molecule has 0 aliphatic carbocycles. The van der Waals surface area contributed by atoms with E-state index in [9.17, 15) is 4.79 Å². The zero-order valence-corrected chi connectivity index (χ0v) is 20.0. The number of thiophene rings is 1. The minimum atomic E-state index is -0.726. The van der Waals surface area contributed by atoms with Gasteiger partial charge in [0.1, 0.15) is 11.5 Å². The summed E-state index contributed by atoms with van der Waals surface area (Å²) in [5, 5.41) is 13.7.